The Morgan fingerprint density at radius 2 is 1.61 bits per heavy atom. The van der Waals surface area contributed by atoms with Crippen molar-refractivity contribution in [1.29, 1.82) is 0 Å². The maximum Gasteiger partial charge on any atom is 0.319 e. The normalized spacial score (nSPS) is 27.2. The predicted octanol–water partition coefficient (Wildman–Crippen LogP) is 5.08. The smallest absolute Gasteiger partial charge is 0.319 e. The average Bonchev–Trinajstić information content (AvgIpc) is 3.13. The number of benzene rings is 1. The summed E-state index contributed by atoms with van der Waals surface area (Å²) in [5.41, 5.74) is 1.80. The van der Waals surface area contributed by atoms with Crippen LogP contribution in [0.4, 0.5) is 5.69 Å². The zero-order chi connectivity index (χ0) is 19.9. The van der Waals surface area contributed by atoms with Crippen molar-refractivity contribution < 1.29 is 14.5 Å². The van der Waals surface area contributed by atoms with E-state index in [-0.39, 0.29) is 22.7 Å². The summed E-state index contributed by atoms with van der Waals surface area (Å²) in [4.78, 5) is 24.0. The summed E-state index contributed by atoms with van der Waals surface area (Å²) in [5.74, 6) is -0.188. The molecule has 6 nitrogen and oxygen atoms in total. The van der Waals surface area contributed by atoms with Crippen molar-refractivity contribution in [2.24, 2.45) is 11.8 Å². The Kier molecular flexibility index (Phi) is 7.43. The lowest BCUT2D eigenvalue weighted by Gasteiger charge is -2.24. The van der Waals surface area contributed by atoms with Gasteiger partial charge >= 0.3 is 6.23 Å². The number of carbonyl (C=O) groups excluding carboxylic acids is 1. The van der Waals surface area contributed by atoms with E-state index < -0.39 is 12.3 Å². The third-order valence-electron chi connectivity index (χ3n) is 6.23. The van der Waals surface area contributed by atoms with E-state index in [0.29, 0.717) is 12.1 Å². The van der Waals surface area contributed by atoms with Crippen molar-refractivity contribution in [2.45, 2.75) is 83.5 Å². The highest BCUT2D eigenvalue weighted by molar-refractivity contribution is 5.94. The highest BCUT2D eigenvalue weighted by Gasteiger charge is 2.49. The van der Waals surface area contributed by atoms with Crippen LogP contribution >= 0.6 is 0 Å². The van der Waals surface area contributed by atoms with Crippen LogP contribution in [-0.4, -0.2) is 23.2 Å². The second kappa shape index (κ2) is 10.0. The van der Waals surface area contributed by atoms with Crippen molar-refractivity contribution in [3.63, 3.8) is 0 Å². The highest BCUT2D eigenvalue weighted by Crippen LogP contribution is 2.39. The van der Waals surface area contributed by atoms with Crippen LogP contribution in [0.5, 0.6) is 0 Å². The summed E-state index contributed by atoms with van der Waals surface area (Å²) >= 11 is 0. The van der Waals surface area contributed by atoms with Gasteiger partial charge in [0.05, 0.1) is 10.8 Å². The third kappa shape index (κ3) is 5.53. The number of nitrogens with one attached hydrogen (secondary N) is 1. The minimum Gasteiger partial charge on any atom is -0.324 e. The minimum atomic E-state index is -1.07. The molecule has 0 radical (unpaired) electrons. The number of amides is 1. The highest BCUT2D eigenvalue weighted by atomic mass is 16.7. The zero-order valence-corrected chi connectivity index (χ0v) is 16.8. The SMILES string of the molecule is Cc1ccc(NC(=O)C2CC(C3CCCCCCCCC3)C([N+](=O)[O-])O2)cc1. The summed E-state index contributed by atoms with van der Waals surface area (Å²) in [6, 6.07) is 7.53. The molecule has 1 amide bonds. The molecule has 1 heterocycles. The maximum atomic E-state index is 12.7. The van der Waals surface area contributed by atoms with Gasteiger partial charge in [0.25, 0.3) is 5.91 Å². The Hall–Kier alpha value is -1.95. The number of rotatable bonds is 4. The van der Waals surface area contributed by atoms with Gasteiger partial charge < -0.3 is 10.1 Å². The molecule has 2 fully saturated rings. The first-order chi connectivity index (χ1) is 13.5. The van der Waals surface area contributed by atoms with Gasteiger partial charge in [0.2, 0.25) is 0 Å². The molecular weight excluding hydrogens is 356 g/mol. The van der Waals surface area contributed by atoms with E-state index in [9.17, 15) is 14.9 Å². The molecule has 1 aromatic rings. The second-order valence-corrected chi connectivity index (χ2v) is 8.37. The van der Waals surface area contributed by atoms with Gasteiger partial charge in [0.1, 0.15) is 6.10 Å². The standard InChI is InChI=1S/C22H32N2O4/c1-16-11-13-18(14-12-16)23-21(25)20-15-19(22(28-20)24(26)27)17-9-7-5-3-2-4-6-8-10-17/h11-14,17,19-20,22H,2-10,15H2,1H3,(H,23,25). The number of aryl methyl sites for hydroxylation is 1. The van der Waals surface area contributed by atoms with Gasteiger partial charge in [-0.25, -0.2) is 0 Å². The first-order valence-corrected chi connectivity index (χ1v) is 10.7. The van der Waals surface area contributed by atoms with Gasteiger partial charge in [-0.2, -0.15) is 0 Å². The lowest BCUT2D eigenvalue weighted by Crippen LogP contribution is -2.32. The molecule has 1 N–H and O–H groups in total. The Morgan fingerprint density at radius 1 is 1.04 bits per heavy atom. The zero-order valence-electron chi connectivity index (χ0n) is 16.8. The van der Waals surface area contributed by atoms with Crippen LogP contribution in [0.2, 0.25) is 0 Å². The van der Waals surface area contributed by atoms with E-state index in [4.69, 9.17) is 4.74 Å². The summed E-state index contributed by atoms with van der Waals surface area (Å²) < 4.78 is 5.66. The Morgan fingerprint density at radius 3 is 2.18 bits per heavy atom. The number of anilines is 1. The van der Waals surface area contributed by atoms with Crippen molar-refractivity contribution in [3.05, 3.63) is 39.9 Å². The fraction of sp³-hybridized carbons (Fsp3) is 0.682. The lowest BCUT2D eigenvalue weighted by atomic mass is 9.80. The molecule has 2 aliphatic rings. The molecule has 1 aliphatic heterocycles. The quantitative estimate of drug-likeness (QED) is 0.576. The Bertz CT molecular complexity index is 651. The van der Waals surface area contributed by atoms with Crippen LogP contribution in [0.1, 0.15) is 69.8 Å². The van der Waals surface area contributed by atoms with Gasteiger partial charge in [0.15, 0.2) is 0 Å². The van der Waals surface area contributed by atoms with E-state index in [1.165, 1.54) is 32.1 Å². The van der Waals surface area contributed by atoms with Gasteiger partial charge in [-0.3, -0.25) is 14.9 Å². The van der Waals surface area contributed by atoms with E-state index >= 15 is 0 Å². The largest absolute Gasteiger partial charge is 0.324 e. The maximum absolute atomic E-state index is 12.7. The van der Waals surface area contributed by atoms with Crippen LogP contribution in [-0.2, 0) is 9.53 Å². The summed E-state index contributed by atoms with van der Waals surface area (Å²) in [7, 11) is 0. The van der Waals surface area contributed by atoms with Crippen molar-refractivity contribution in [3.8, 4) is 0 Å². The van der Waals surface area contributed by atoms with Crippen LogP contribution in [0.25, 0.3) is 0 Å². The van der Waals surface area contributed by atoms with E-state index in [1.54, 1.807) is 0 Å². The summed E-state index contributed by atoms with van der Waals surface area (Å²) in [6.45, 7) is 1.98. The van der Waals surface area contributed by atoms with E-state index in [0.717, 1.165) is 31.2 Å². The van der Waals surface area contributed by atoms with Gasteiger partial charge in [-0.1, -0.05) is 62.6 Å². The number of carbonyl (C=O) groups is 1. The minimum absolute atomic E-state index is 0.178. The first-order valence-electron chi connectivity index (χ1n) is 10.7. The van der Waals surface area contributed by atoms with Gasteiger partial charge in [-0.15, -0.1) is 0 Å². The molecule has 1 saturated carbocycles. The van der Waals surface area contributed by atoms with Crippen molar-refractivity contribution in [1.82, 2.24) is 0 Å². The lowest BCUT2D eigenvalue weighted by molar-refractivity contribution is -0.580. The summed E-state index contributed by atoms with van der Waals surface area (Å²) in [6.07, 6.45) is 9.08. The molecule has 154 valence electrons. The molecule has 1 aliphatic carbocycles. The Labute approximate surface area is 167 Å². The number of nitro groups is 1. The van der Waals surface area contributed by atoms with E-state index in [1.807, 2.05) is 31.2 Å². The molecule has 3 unspecified atom stereocenters. The fourth-order valence-corrected chi connectivity index (χ4v) is 4.62. The van der Waals surface area contributed by atoms with Crippen LogP contribution in [0.15, 0.2) is 24.3 Å². The second-order valence-electron chi connectivity index (χ2n) is 8.37. The molecule has 1 saturated heterocycles. The van der Waals surface area contributed by atoms with Crippen molar-refractivity contribution >= 4 is 11.6 Å². The average molecular weight is 389 g/mol. The summed E-state index contributed by atoms with van der Waals surface area (Å²) in [5, 5.41) is 14.5. The molecule has 0 spiro atoms. The Balaban J connectivity index is 1.65. The third-order valence-corrected chi connectivity index (χ3v) is 6.23. The molecule has 6 heteroatoms. The molecular formula is C22H32N2O4. The molecule has 3 atom stereocenters. The molecule has 28 heavy (non-hydrogen) atoms. The van der Waals surface area contributed by atoms with Crippen LogP contribution in [0, 0.1) is 28.9 Å². The monoisotopic (exact) mass is 388 g/mol. The first kappa shape index (κ1) is 20.8. The molecule has 3 rings (SSSR count). The molecule has 0 aromatic heterocycles. The number of nitrogens with zero attached hydrogens (tertiary/aromatic N) is 1. The van der Waals surface area contributed by atoms with Crippen LogP contribution in [0.3, 0.4) is 0 Å². The number of hydrogen-bond acceptors (Lipinski definition) is 4. The van der Waals surface area contributed by atoms with Crippen molar-refractivity contribution in [2.75, 3.05) is 5.32 Å². The topological polar surface area (TPSA) is 81.5 Å². The fourth-order valence-electron chi connectivity index (χ4n) is 4.62. The molecule has 0 bridgehead atoms. The number of ether oxygens (including phenoxy) is 1. The van der Waals surface area contributed by atoms with Gasteiger partial charge in [-0.05, 0) is 44.2 Å². The van der Waals surface area contributed by atoms with E-state index in [2.05, 4.69) is 5.32 Å². The van der Waals surface area contributed by atoms with Gasteiger partial charge in [0, 0.05) is 5.69 Å². The predicted molar refractivity (Wildman–Crippen MR) is 109 cm³/mol. The number of hydrogen-bond donors (Lipinski definition) is 1. The van der Waals surface area contributed by atoms with Crippen LogP contribution < -0.4 is 5.32 Å². The molecule has 1 aromatic carbocycles.